The molecule has 2 aromatic rings. The standard InChI is InChI=1S/C12H12BrF3N2/c13-10-2-1-9-3-5-18(11(9)7-10)6-4-17-8-12(14,15)16/h1-3,5,7,17H,4,6,8H2. The molecule has 0 saturated heterocycles. The molecule has 0 aliphatic rings. The zero-order valence-corrected chi connectivity index (χ0v) is 11.1. The van der Waals surface area contributed by atoms with Crippen LogP contribution in [-0.2, 0) is 6.54 Å². The minimum Gasteiger partial charge on any atom is -0.346 e. The number of benzene rings is 1. The average Bonchev–Trinajstić information content (AvgIpc) is 2.66. The fourth-order valence-corrected chi connectivity index (χ4v) is 2.13. The summed E-state index contributed by atoms with van der Waals surface area (Å²) in [6.45, 7) is -0.151. The van der Waals surface area contributed by atoms with Crippen LogP contribution in [0.5, 0.6) is 0 Å². The predicted molar refractivity (Wildman–Crippen MR) is 68.6 cm³/mol. The van der Waals surface area contributed by atoms with E-state index in [9.17, 15) is 13.2 Å². The van der Waals surface area contributed by atoms with Crippen LogP contribution in [0.15, 0.2) is 34.9 Å². The molecule has 0 amide bonds. The monoisotopic (exact) mass is 320 g/mol. The third-order valence-electron chi connectivity index (χ3n) is 2.59. The number of halogens is 4. The van der Waals surface area contributed by atoms with Crippen LogP contribution in [0.4, 0.5) is 13.2 Å². The first-order valence-corrected chi connectivity index (χ1v) is 6.27. The zero-order valence-electron chi connectivity index (χ0n) is 9.47. The molecule has 6 heteroatoms. The van der Waals surface area contributed by atoms with Crippen molar-refractivity contribution >= 4 is 26.8 Å². The van der Waals surface area contributed by atoms with E-state index < -0.39 is 12.7 Å². The van der Waals surface area contributed by atoms with Crippen LogP contribution in [0.3, 0.4) is 0 Å². The molecule has 1 aromatic heterocycles. The summed E-state index contributed by atoms with van der Waals surface area (Å²) in [5.41, 5.74) is 1.01. The number of nitrogens with zero attached hydrogens (tertiary/aromatic N) is 1. The van der Waals surface area contributed by atoms with Crippen molar-refractivity contribution in [2.75, 3.05) is 13.1 Å². The summed E-state index contributed by atoms with van der Waals surface area (Å²) >= 11 is 3.38. The van der Waals surface area contributed by atoms with E-state index in [2.05, 4.69) is 21.2 Å². The highest BCUT2D eigenvalue weighted by atomic mass is 79.9. The Morgan fingerprint density at radius 1 is 1.22 bits per heavy atom. The molecule has 2 nitrogen and oxygen atoms in total. The largest absolute Gasteiger partial charge is 0.401 e. The van der Waals surface area contributed by atoms with Gasteiger partial charge in [0.15, 0.2) is 0 Å². The van der Waals surface area contributed by atoms with Crippen LogP contribution in [0, 0.1) is 0 Å². The molecule has 0 saturated carbocycles. The Balaban J connectivity index is 1.98. The van der Waals surface area contributed by atoms with E-state index in [4.69, 9.17) is 0 Å². The van der Waals surface area contributed by atoms with Crippen LogP contribution in [0.25, 0.3) is 10.9 Å². The minimum atomic E-state index is -4.15. The first kappa shape index (κ1) is 13.4. The highest BCUT2D eigenvalue weighted by Crippen LogP contribution is 2.20. The van der Waals surface area contributed by atoms with E-state index in [1.165, 1.54) is 0 Å². The average molecular weight is 321 g/mol. The lowest BCUT2D eigenvalue weighted by Crippen LogP contribution is -2.31. The molecule has 0 fully saturated rings. The number of fused-ring (bicyclic) bond motifs is 1. The third-order valence-corrected chi connectivity index (χ3v) is 3.08. The molecular weight excluding hydrogens is 309 g/mol. The number of nitrogens with one attached hydrogen (secondary N) is 1. The van der Waals surface area contributed by atoms with Crippen LogP contribution >= 0.6 is 15.9 Å². The van der Waals surface area contributed by atoms with E-state index in [0.29, 0.717) is 6.54 Å². The summed E-state index contributed by atoms with van der Waals surface area (Å²) in [5.74, 6) is 0. The van der Waals surface area contributed by atoms with Crippen LogP contribution in [0.2, 0.25) is 0 Å². The fraction of sp³-hybridized carbons (Fsp3) is 0.333. The molecule has 2 rings (SSSR count). The van der Waals surface area contributed by atoms with Gasteiger partial charge < -0.3 is 9.88 Å². The van der Waals surface area contributed by atoms with Gasteiger partial charge in [0.25, 0.3) is 0 Å². The summed E-state index contributed by atoms with van der Waals surface area (Å²) in [4.78, 5) is 0. The van der Waals surface area contributed by atoms with Crippen molar-refractivity contribution in [3.05, 3.63) is 34.9 Å². The molecule has 0 radical (unpaired) electrons. The smallest absolute Gasteiger partial charge is 0.346 e. The fourth-order valence-electron chi connectivity index (χ4n) is 1.78. The van der Waals surface area contributed by atoms with Gasteiger partial charge in [-0.25, -0.2) is 0 Å². The zero-order chi connectivity index (χ0) is 13.2. The van der Waals surface area contributed by atoms with Gasteiger partial charge in [0.1, 0.15) is 0 Å². The van der Waals surface area contributed by atoms with E-state index in [0.717, 1.165) is 15.4 Å². The molecule has 1 N–H and O–H groups in total. The summed E-state index contributed by atoms with van der Waals surface area (Å²) < 4.78 is 38.7. The van der Waals surface area contributed by atoms with Crippen LogP contribution in [0.1, 0.15) is 0 Å². The highest BCUT2D eigenvalue weighted by molar-refractivity contribution is 9.10. The van der Waals surface area contributed by atoms with Gasteiger partial charge in [0.05, 0.1) is 6.54 Å². The normalized spacial score (nSPS) is 12.2. The van der Waals surface area contributed by atoms with Crippen LogP contribution < -0.4 is 5.32 Å². The number of rotatable bonds is 4. The summed E-state index contributed by atoms with van der Waals surface area (Å²) in [7, 11) is 0. The second-order valence-corrected chi connectivity index (χ2v) is 4.92. The highest BCUT2D eigenvalue weighted by Gasteiger charge is 2.25. The van der Waals surface area contributed by atoms with Gasteiger partial charge in [-0.15, -0.1) is 0 Å². The summed E-state index contributed by atoms with van der Waals surface area (Å²) in [5, 5.41) is 3.46. The predicted octanol–water partition coefficient (Wildman–Crippen LogP) is 3.56. The topological polar surface area (TPSA) is 17.0 Å². The summed E-state index contributed by atoms with van der Waals surface area (Å²) in [6.07, 6.45) is -2.27. The Morgan fingerprint density at radius 3 is 2.72 bits per heavy atom. The van der Waals surface area contributed by atoms with E-state index in [1.807, 2.05) is 35.0 Å². The molecule has 0 spiro atoms. The first-order chi connectivity index (χ1) is 8.46. The molecule has 98 valence electrons. The lowest BCUT2D eigenvalue weighted by Gasteiger charge is -2.09. The molecule has 0 atom stereocenters. The maximum absolute atomic E-state index is 12.0. The van der Waals surface area contributed by atoms with E-state index in [-0.39, 0.29) is 6.54 Å². The second kappa shape index (κ2) is 5.32. The molecule has 0 bridgehead atoms. The SMILES string of the molecule is FC(F)(F)CNCCn1ccc2ccc(Br)cc21. The van der Waals surface area contributed by atoms with Crippen molar-refractivity contribution in [1.82, 2.24) is 9.88 Å². The van der Waals surface area contributed by atoms with Crippen molar-refractivity contribution in [2.24, 2.45) is 0 Å². The van der Waals surface area contributed by atoms with Crippen molar-refractivity contribution in [3.8, 4) is 0 Å². The number of hydrogen-bond acceptors (Lipinski definition) is 1. The number of alkyl halides is 3. The van der Waals surface area contributed by atoms with E-state index in [1.54, 1.807) is 0 Å². The van der Waals surface area contributed by atoms with Gasteiger partial charge in [-0.3, -0.25) is 0 Å². The van der Waals surface area contributed by atoms with Crippen molar-refractivity contribution in [3.63, 3.8) is 0 Å². The molecule has 18 heavy (non-hydrogen) atoms. The van der Waals surface area contributed by atoms with Gasteiger partial charge in [0.2, 0.25) is 0 Å². The Morgan fingerprint density at radius 2 is 2.00 bits per heavy atom. The molecule has 0 aliphatic carbocycles. The van der Waals surface area contributed by atoms with Crippen LogP contribution in [-0.4, -0.2) is 23.8 Å². The molecule has 0 aliphatic heterocycles. The van der Waals surface area contributed by atoms with Gasteiger partial charge in [-0.1, -0.05) is 22.0 Å². The van der Waals surface area contributed by atoms with E-state index >= 15 is 0 Å². The van der Waals surface area contributed by atoms with Gasteiger partial charge in [-0.2, -0.15) is 13.2 Å². The number of hydrogen-bond donors (Lipinski definition) is 1. The molecular formula is C12H12BrF3N2. The Labute approximate surface area is 111 Å². The lowest BCUT2D eigenvalue weighted by molar-refractivity contribution is -0.124. The first-order valence-electron chi connectivity index (χ1n) is 5.47. The maximum Gasteiger partial charge on any atom is 0.401 e. The molecule has 0 unspecified atom stereocenters. The second-order valence-electron chi connectivity index (χ2n) is 4.00. The molecule has 1 heterocycles. The van der Waals surface area contributed by atoms with Crippen molar-refractivity contribution in [2.45, 2.75) is 12.7 Å². The summed E-state index contributed by atoms with van der Waals surface area (Å²) in [6, 6.07) is 7.82. The lowest BCUT2D eigenvalue weighted by atomic mass is 10.2. The Bertz CT molecular complexity index is 534. The maximum atomic E-state index is 12.0. The van der Waals surface area contributed by atoms with Crippen molar-refractivity contribution in [1.29, 1.82) is 0 Å². The molecule has 1 aromatic carbocycles. The van der Waals surface area contributed by atoms with Gasteiger partial charge in [0, 0.05) is 29.3 Å². The van der Waals surface area contributed by atoms with Crippen molar-refractivity contribution < 1.29 is 13.2 Å². The quantitative estimate of drug-likeness (QED) is 0.852. The Hall–Kier alpha value is -1.01. The Kier molecular flexibility index (Phi) is 3.97. The van der Waals surface area contributed by atoms with Gasteiger partial charge >= 0.3 is 6.18 Å². The van der Waals surface area contributed by atoms with Gasteiger partial charge in [-0.05, 0) is 23.6 Å². The third kappa shape index (κ3) is 3.49. The number of aromatic nitrogens is 1. The minimum absolute atomic E-state index is 0.288.